The smallest absolute Gasteiger partial charge is 0.0473 e. The van der Waals surface area contributed by atoms with Crippen molar-refractivity contribution in [3.63, 3.8) is 0 Å². The SMILES string of the molecule is CC1(C)c2ccccc2-c2cccc(-c3ccc(N(c4cc(-c5ccccc5)cc(-c5ccccc5)c4)c4cccc(-c5cccc6ccccc56)c4)cc3)c21. The Kier molecular flexibility index (Phi) is 8.23. The zero-order chi connectivity index (χ0) is 37.6. The Morgan fingerprint density at radius 1 is 0.321 bits per heavy atom. The van der Waals surface area contributed by atoms with Gasteiger partial charge in [-0.25, -0.2) is 0 Å². The number of hydrogen-bond acceptors (Lipinski definition) is 1. The van der Waals surface area contributed by atoms with Crippen LogP contribution in [0.5, 0.6) is 0 Å². The van der Waals surface area contributed by atoms with Gasteiger partial charge in [-0.3, -0.25) is 0 Å². The predicted octanol–water partition coefficient (Wildman–Crippen LogP) is 15.3. The second-order valence-electron chi connectivity index (χ2n) is 15.4. The fourth-order valence-corrected chi connectivity index (χ4v) is 8.95. The van der Waals surface area contributed by atoms with E-state index in [0.29, 0.717) is 0 Å². The van der Waals surface area contributed by atoms with E-state index in [1.54, 1.807) is 0 Å². The molecular weight excluding hydrogens is 675 g/mol. The van der Waals surface area contributed by atoms with Gasteiger partial charge in [0.1, 0.15) is 0 Å². The van der Waals surface area contributed by atoms with Gasteiger partial charge in [-0.1, -0.05) is 184 Å². The van der Waals surface area contributed by atoms with E-state index in [0.717, 1.165) is 17.1 Å². The van der Waals surface area contributed by atoms with Crippen LogP contribution in [0.2, 0.25) is 0 Å². The van der Waals surface area contributed by atoms with E-state index in [-0.39, 0.29) is 5.41 Å². The summed E-state index contributed by atoms with van der Waals surface area (Å²) in [6.07, 6.45) is 0. The summed E-state index contributed by atoms with van der Waals surface area (Å²) in [5.74, 6) is 0. The maximum atomic E-state index is 2.42. The minimum absolute atomic E-state index is 0.0962. The standard InChI is InChI=1S/C55H41N/c1-55(2)53-29-12-11-25-51(53)52-28-15-27-50(54(52)55)41-30-32-45(33-31-41)56(46-23-13-22-42(35-46)49-26-14-21-40-20-9-10-24-48(40)49)47-36-43(38-16-5-3-6-17-38)34-44(37-47)39-18-7-4-8-19-39/h3-37H,1-2H3. The number of fused-ring (bicyclic) bond motifs is 4. The molecule has 0 spiro atoms. The van der Waals surface area contributed by atoms with Crippen LogP contribution >= 0.6 is 0 Å². The van der Waals surface area contributed by atoms with Crippen LogP contribution in [0.25, 0.3) is 66.4 Å². The molecule has 0 heterocycles. The summed E-state index contributed by atoms with van der Waals surface area (Å²) in [4.78, 5) is 2.42. The van der Waals surface area contributed by atoms with E-state index < -0.39 is 0 Å². The van der Waals surface area contributed by atoms with Crippen LogP contribution in [0.3, 0.4) is 0 Å². The molecule has 0 saturated heterocycles. The van der Waals surface area contributed by atoms with E-state index in [2.05, 4.69) is 231 Å². The van der Waals surface area contributed by atoms with Crippen molar-refractivity contribution >= 4 is 27.8 Å². The Morgan fingerprint density at radius 2 is 0.857 bits per heavy atom. The second kappa shape index (κ2) is 13.7. The van der Waals surface area contributed by atoms with E-state index in [1.165, 1.54) is 77.5 Å². The molecule has 1 nitrogen and oxygen atoms in total. The molecule has 56 heavy (non-hydrogen) atoms. The quantitative estimate of drug-likeness (QED) is 0.159. The van der Waals surface area contributed by atoms with E-state index >= 15 is 0 Å². The molecule has 0 bridgehead atoms. The second-order valence-corrected chi connectivity index (χ2v) is 15.4. The molecule has 0 atom stereocenters. The third-order valence-electron chi connectivity index (χ3n) is 11.6. The van der Waals surface area contributed by atoms with Gasteiger partial charge in [0.2, 0.25) is 0 Å². The van der Waals surface area contributed by atoms with Gasteiger partial charge >= 0.3 is 0 Å². The molecule has 0 aliphatic heterocycles. The van der Waals surface area contributed by atoms with Crippen molar-refractivity contribution in [2.24, 2.45) is 0 Å². The normalized spacial score (nSPS) is 12.6. The van der Waals surface area contributed by atoms with Crippen molar-refractivity contribution in [3.8, 4) is 55.6 Å². The van der Waals surface area contributed by atoms with E-state index in [1.807, 2.05) is 0 Å². The Labute approximate surface area is 329 Å². The monoisotopic (exact) mass is 715 g/mol. The summed E-state index contributed by atoms with van der Waals surface area (Å²) in [6, 6.07) is 77.6. The third-order valence-corrected chi connectivity index (χ3v) is 11.6. The summed E-state index contributed by atoms with van der Waals surface area (Å²) >= 11 is 0. The molecule has 9 aromatic carbocycles. The van der Waals surface area contributed by atoms with Gasteiger partial charge in [0.25, 0.3) is 0 Å². The average molecular weight is 716 g/mol. The fraction of sp³-hybridized carbons (Fsp3) is 0.0545. The number of anilines is 3. The summed E-state index contributed by atoms with van der Waals surface area (Å²) in [5, 5.41) is 2.49. The van der Waals surface area contributed by atoms with Gasteiger partial charge in [-0.15, -0.1) is 0 Å². The highest BCUT2D eigenvalue weighted by Gasteiger charge is 2.37. The van der Waals surface area contributed by atoms with E-state index in [4.69, 9.17) is 0 Å². The van der Waals surface area contributed by atoms with Crippen molar-refractivity contribution in [2.45, 2.75) is 19.3 Å². The third kappa shape index (κ3) is 5.81. The van der Waals surface area contributed by atoms with Crippen molar-refractivity contribution in [1.29, 1.82) is 0 Å². The molecule has 0 aromatic heterocycles. The maximum absolute atomic E-state index is 2.42. The molecule has 0 saturated carbocycles. The van der Waals surface area contributed by atoms with Crippen molar-refractivity contribution in [1.82, 2.24) is 0 Å². The van der Waals surface area contributed by atoms with Crippen LogP contribution in [0.4, 0.5) is 17.1 Å². The van der Waals surface area contributed by atoms with Gasteiger partial charge < -0.3 is 4.90 Å². The molecule has 0 amide bonds. The van der Waals surface area contributed by atoms with Crippen molar-refractivity contribution < 1.29 is 0 Å². The predicted molar refractivity (Wildman–Crippen MR) is 238 cm³/mol. The van der Waals surface area contributed by atoms with Gasteiger partial charge in [0.05, 0.1) is 0 Å². The molecule has 0 N–H and O–H groups in total. The Bertz CT molecular complexity index is 2800. The summed E-state index contributed by atoms with van der Waals surface area (Å²) in [6.45, 7) is 4.73. The first-order valence-electron chi connectivity index (χ1n) is 19.5. The summed E-state index contributed by atoms with van der Waals surface area (Å²) < 4.78 is 0. The molecule has 10 rings (SSSR count). The lowest BCUT2D eigenvalue weighted by Gasteiger charge is -2.28. The maximum Gasteiger partial charge on any atom is 0.0473 e. The first kappa shape index (κ1) is 33.6. The zero-order valence-electron chi connectivity index (χ0n) is 31.7. The number of benzene rings is 9. The van der Waals surface area contributed by atoms with E-state index in [9.17, 15) is 0 Å². The van der Waals surface area contributed by atoms with Gasteiger partial charge in [0.15, 0.2) is 0 Å². The topological polar surface area (TPSA) is 3.24 Å². The molecule has 266 valence electrons. The summed E-state index contributed by atoms with van der Waals surface area (Å²) in [5.41, 5.74) is 18.3. The van der Waals surface area contributed by atoms with Crippen LogP contribution in [-0.4, -0.2) is 0 Å². The lowest BCUT2D eigenvalue weighted by atomic mass is 9.79. The molecule has 0 unspecified atom stereocenters. The zero-order valence-corrected chi connectivity index (χ0v) is 31.7. The minimum Gasteiger partial charge on any atom is -0.310 e. The highest BCUT2D eigenvalue weighted by atomic mass is 15.1. The lowest BCUT2D eigenvalue weighted by Crippen LogP contribution is -2.16. The molecule has 0 fully saturated rings. The average Bonchev–Trinajstić information content (AvgIpc) is 3.50. The Balaban J connectivity index is 1.15. The molecule has 0 radical (unpaired) electrons. The van der Waals surface area contributed by atoms with Crippen LogP contribution in [0, 0.1) is 0 Å². The molecular formula is C55H41N. The Morgan fingerprint density at radius 3 is 1.61 bits per heavy atom. The Hall–Kier alpha value is -6.96. The molecule has 9 aromatic rings. The van der Waals surface area contributed by atoms with Crippen LogP contribution in [-0.2, 0) is 5.41 Å². The molecule has 1 aliphatic rings. The first-order chi connectivity index (χ1) is 27.5. The number of hydrogen-bond donors (Lipinski definition) is 0. The largest absolute Gasteiger partial charge is 0.310 e. The number of nitrogens with zero attached hydrogens (tertiary/aromatic N) is 1. The molecule has 1 aliphatic carbocycles. The highest BCUT2D eigenvalue weighted by molar-refractivity contribution is 5.98. The molecule has 1 heteroatoms. The highest BCUT2D eigenvalue weighted by Crippen LogP contribution is 2.52. The van der Waals surface area contributed by atoms with Crippen molar-refractivity contribution in [3.05, 3.63) is 223 Å². The lowest BCUT2D eigenvalue weighted by molar-refractivity contribution is 0.662. The van der Waals surface area contributed by atoms with Crippen LogP contribution < -0.4 is 4.90 Å². The van der Waals surface area contributed by atoms with Crippen molar-refractivity contribution in [2.75, 3.05) is 4.90 Å². The fourth-order valence-electron chi connectivity index (χ4n) is 8.95. The van der Waals surface area contributed by atoms with Gasteiger partial charge in [-0.05, 0) is 120 Å². The summed E-state index contributed by atoms with van der Waals surface area (Å²) in [7, 11) is 0. The number of rotatable bonds is 7. The van der Waals surface area contributed by atoms with Gasteiger partial charge in [0, 0.05) is 22.5 Å². The van der Waals surface area contributed by atoms with Gasteiger partial charge in [-0.2, -0.15) is 0 Å². The van der Waals surface area contributed by atoms with Crippen LogP contribution in [0.1, 0.15) is 25.0 Å². The first-order valence-corrected chi connectivity index (χ1v) is 19.5. The minimum atomic E-state index is -0.0962. The van der Waals surface area contributed by atoms with Crippen LogP contribution in [0.15, 0.2) is 212 Å².